The van der Waals surface area contributed by atoms with E-state index >= 15 is 0 Å². The van der Waals surface area contributed by atoms with Gasteiger partial charge >= 0.3 is 5.97 Å². The molecule has 0 fully saturated rings. The molecule has 0 aromatic heterocycles. The minimum atomic E-state index is -1.06. The Balaban J connectivity index is 2.58. The van der Waals surface area contributed by atoms with Crippen molar-refractivity contribution >= 4 is 5.97 Å². The van der Waals surface area contributed by atoms with Crippen molar-refractivity contribution in [1.29, 1.82) is 0 Å². The zero-order chi connectivity index (χ0) is 15.7. The molecule has 0 bridgehead atoms. The maximum Gasteiger partial charge on any atom is 0.330 e. The molecular formula is C16H28O5. The van der Waals surface area contributed by atoms with Crippen LogP contribution in [0.1, 0.15) is 58.3 Å². The molecule has 0 saturated carbocycles. The van der Waals surface area contributed by atoms with Gasteiger partial charge in [-0.25, -0.2) is 4.79 Å². The van der Waals surface area contributed by atoms with E-state index in [4.69, 9.17) is 4.74 Å². The Labute approximate surface area is 126 Å². The third kappa shape index (κ3) is 7.60. The first kappa shape index (κ1) is 18.1. The van der Waals surface area contributed by atoms with Crippen LogP contribution in [-0.4, -0.2) is 45.7 Å². The van der Waals surface area contributed by atoms with Crippen LogP contribution in [0.4, 0.5) is 0 Å². The largest absolute Gasteiger partial charge is 0.457 e. The number of ether oxygens (including phenoxy) is 1. The van der Waals surface area contributed by atoms with Crippen molar-refractivity contribution in [1.82, 2.24) is 0 Å². The van der Waals surface area contributed by atoms with E-state index in [1.165, 1.54) is 6.08 Å². The lowest BCUT2D eigenvalue weighted by Gasteiger charge is -2.19. The Bertz CT molecular complexity index is 329. The van der Waals surface area contributed by atoms with Crippen LogP contribution >= 0.6 is 0 Å². The summed E-state index contributed by atoms with van der Waals surface area (Å²) in [5.74, 6) is -0.611. The molecule has 122 valence electrons. The average Bonchev–Trinajstić information content (AvgIpc) is 2.45. The second-order valence-corrected chi connectivity index (χ2v) is 5.83. The number of aliphatic hydroxyl groups excluding tert-OH is 3. The van der Waals surface area contributed by atoms with Crippen LogP contribution in [0.2, 0.25) is 0 Å². The molecule has 1 aliphatic rings. The van der Waals surface area contributed by atoms with Gasteiger partial charge in [-0.3, -0.25) is 0 Å². The maximum absolute atomic E-state index is 11.6. The zero-order valence-corrected chi connectivity index (χ0v) is 12.8. The highest BCUT2D eigenvalue weighted by Crippen LogP contribution is 2.15. The molecule has 1 aliphatic heterocycles. The SMILES string of the molecule is CC1OC(=O)/C=C/[C@@H](O)[C@@H](O)CCCCCCCC[C@@H]1O. The van der Waals surface area contributed by atoms with Gasteiger partial charge in [-0.1, -0.05) is 38.5 Å². The predicted octanol–water partition coefficient (Wildman–Crippen LogP) is 1.69. The fourth-order valence-corrected chi connectivity index (χ4v) is 2.43. The van der Waals surface area contributed by atoms with Gasteiger partial charge in [-0.2, -0.15) is 0 Å². The highest BCUT2D eigenvalue weighted by atomic mass is 16.6. The molecule has 1 rings (SSSR count). The molecule has 21 heavy (non-hydrogen) atoms. The van der Waals surface area contributed by atoms with Crippen molar-refractivity contribution in [3.63, 3.8) is 0 Å². The molecule has 0 amide bonds. The minimum absolute atomic E-state index is 0.523. The summed E-state index contributed by atoms with van der Waals surface area (Å²) in [5.41, 5.74) is 0. The zero-order valence-electron chi connectivity index (χ0n) is 12.8. The fourth-order valence-electron chi connectivity index (χ4n) is 2.43. The van der Waals surface area contributed by atoms with E-state index in [9.17, 15) is 20.1 Å². The molecule has 5 nitrogen and oxygen atoms in total. The standard InChI is InChI=1S/C16H28O5/c1-12-13(17)8-6-4-2-3-5-7-9-14(18)15(19)10-11-16(20)21-12/h10-15,17-19H,2-9H2,1H3/b11-10+/t12?,13-,14-,15+/m0/s1. The Morgan fingerprint density at radius 3 is 2.10 bits per heavy atom. The van der Waals surface area contributed by atoms with E-state index in [0.717, 1.165) is 44.6 Å². The number of hydrogen-bond acceptors (Lipinski definition) is 5. The normalized spacial score (nSPS) is 35.9. The number of cyclic esters (lactones) is 1. The van der Waals surface area contributed by atoms with Gasteiger partial charge in [0.1, 0.15) is 6.10 Å². The Hall–Kier alpha value is -0.910. The van der Waals surface area contributed by atoms with Crippen molar-refractivity contribution in [2.75, 3.05) is 0 Å². The van der Waals surface area contributed by atoms with Gasteiger partial charge in [0.05, 0.1) is 18.3 Å². The molecule has 0 aromatic rings. The quantitative estimate of drug-likeness (QED) is 0.593. The smallest absolute Gasteiger partial charge is 0.330 e. The highest BCUT2D eigenvalue weighted by molar-refractivity contribution is 5.82. The molecule has 4 atom stereocenters. The number of esters is 1. The van der Waals surface area contributed by atoms with Gasteiger partial charge < -0.3 is 20.1 Å². The number of aliphatic hydroxyl groups is 3. The average molecular weight is 300 g/mol. The van der Waals surface area contributed by atoms with Gasteiger partial charge in [0.15, 0.2) is 0 Å². The predicted molar refractivity (Wildman–Crippen MR) is 79.7 cm³/mol. The van der Waals surface area contributed by atoms with Gasteiger partial charge in [-0.05, 0) is 25.8 Å². The molecular weight excluding hydrogens is 272 g/mol. The van der Waals surface area contributed by atoms with E-state index < -0.39 is 30.4 Å². The molecule has 1 heterocycles. The second-order valence-electron chi connectivity index (χ2n) is 5.83. The van der Waals surface area contributed by atoms with Crippen molar-refractivity contribution in [3.8, 4) is 0 Å². The lowest BCUT2D eigenvalue weighted by Crippen LogP contribution is -2.28. The van der Waals surface area contributed by atoms with E-state index in [1.807, 2.05) is 0 Å². The summed E-state index contributed by atoms with van der Waals surface area (Å²) in [7, 11) is 0. The summed E-state index contributed by atoms with van der Waals surface area (Å²) in [6.07, 6.45) is 6.39. The van der Waals surface area contributed by atoms with E-state index in [0.29, 0.717) is 12.8 Å². The van der Waals surface area contributed by atoms with E-state index in [2.05, 4.69) is 0 Å². The topological polar surface area (TPSA) is 87.0 Å². The monoisotopic (exact) mass is 300 g/mol. The minimum Gasteiger partial charge on any atom is -0.457 e. The summed E-state index contributed by atoms with van der Waals surface area (Å²) in [5, 5.41) is 29.4. The van der Waals surface area contributed by atoms with Crippen molar-refractivity contribution in [3.05, 3.63) is 12.2 Å². The molecule has 0 aromatic carbocycles. The van der Waals surface area contributed by atoms with Gasteiger partial charge in [-0.15, -0.1) is 0 Å². The first-order valence-electron chi connectivity index (χ1n) is 7.93. The summed E-state index contributed by atoms with van der Waals surface area (Å²) in [6, 6.07) is 0. The Morgan fingerprint density at radius 1 is 0.952 bits per heavy atom. The maximum atomic E-state index is 11.6. The molecule has 1 unspecified atom stereocenters. The molecule has 3 N–H and O–H groups in total. The molecule has 0 radical (unpaired) electrons. The lowest BCUT2D eigenvalue weighted by atomic mass is 10.0. The fraction of sp³-hybridized carbons (Fsp3) is 0.812. The molecule has 0 saturated heterocycles. The Morgan fingerprint density at radius 2 is 1.48 bits per heavy atom. The van der Waals surface area contributed by atoms with E-state index in [1.54, 1.807) is 6.92 Å². The van der Waals surface area contributed by atoms with Gasteiger partial charge in [0.25, 0.3) is 0 Å². The third-order valence-corrected chi connectivity index (χ3v) is 3.92. The van der Waals surface area contributed by atoms with Crippen LogP contribution in [0.3, 0.4) is 0 Å². The van der Waals surface area contributed by atoms with Gasteiger partial charge in [0.2, 0.25) is 0 Å². The lowest BCUT2D eigenvalue weighted by molar-refractivity contribution is -0.147. The first-order chi connectivity index (χ1) is 10.0. The molecule has 0 spiro atoms. The summed E-state index contributed by atoms with van der Waals surface area (Å²) < 4.78 is 5.08. The van der Waals surface area contributed by atoms with Crippen molar-refractivity contribution in [2.45, 2.75) is 82.7 Å². The van der Waals surface area contributed by atoms with Crippen LogP contribution < -0.4 is 0 Å². The van der Waals surface area contributed by atoms with Crippen LogP contribution in [0.15, 0.2) is 12.2 Å². The highest BCUT2D eigenvalue weighted by Gasteiger charge is 2.18. The molecule has 5 heteroatoms. The van der Waals surface area contributed by atoms with E-state index in [-0.39, 0.29) is 0 Å². The number of carbonyl (C=O) groups excluding carboxylic acids is 1. The second kappa shape index (κ2) is 9.92. The van der Waals surface area contributed by atoms with Crippen molar-refractivity contribution < 1.29 is 24.9 Å². The van der Waals surface area contributed by atoms with Crippen LogP contribution in [0.5, 0.6) is 0 Å². The van der Waals surface area contributed by atoms with Crippen LogP contribution in [0.25, 0.3) is 0 Å². The number of rotatable bonds is 0. The Kier molecular flexibility index (Phi) is 8.57. The number of hydrogen-bond donors (Lipinski definition) is 3. The first-order valence-corrected chi connectivity index (χ1v) is 7.93. The number of carbonyl (C=O) groups is 1. The third-order valence-electron chi connectivity index (χ3n) is 3.92. The summed E-state index contributed by atoms with van der Waals surface area (Å²) in [6.45, 7) is 1.66. The van der Waals surface area contributed by atoms with Gasteiger partial charge in [0, 0.05) is 6.08 Å². The van der Waals surface area contributed by atoms with Crippen LogP contribution in [-0.2, 0) is 9.53 Å². The van der Waals surface area contributed by atoms with Crippen LogP contribution in [0, 0.1) is 0 Å². The summed E-state index contributed by atoms with van der Waals surface area (Å²) in [4.78, 5) is 11.6. The summed E-state index contributed by atoms with van der Waals surface area (Å²) >= 11 is 0. The van der Waals surface area contributed by atoms with Crippen molar-refractivity contribution in [2.24, 2.45) is 0 Å². The molecule has 0 aliphatic carbocycles.